The molecule has 0 atom stereocenters. The van der Waals surface area contributed by atoms with Crippen LogP contribution in [0.4, 0.5) is 0 Å². The van der Waals surface area contributed by atoms with Crippen LogP contribution in [0.3, 0.4) is 0 Å². The number of nitrogens with zero attached hydrogens (tertiary/aromatic N) is 5. The van der Waals surface area contributed by atoms with Gasteiger partial charge in [0.2, 0.25) is 0 Å². The van der Waals surface area contributed by atoms with Crippen LogP contribution in [0.5, 0.6) is 0 Å². The number of rotatable bonds is 6. The Hall–Kier alpha value is -7.80. The van der Waals surface area contributed by atoms with Crippen molar-refractivity contribution in [3.8, 4) is 67.7 Å². The van der Waals surface area contributed by atoms with Gasteiger partial charge in [0.1, 0.15) is 0 Å². The second-order valence-electron chi connectivity index (χ2n) is 15.1. The van der Waals surface area contributed by atoms with Gasteiger partial charge < -0.3 is 0 Å². The van der Waals surface area contributed by atoms with Gasteiger partial charge in [-0.3, -0.25) is 4.40 Å². The van der Waals surface area contributed by atoms with Gasteiger partial charge in [-0.2, -0.15) is 0 Å². The summed E-state index contributed by atoms with van der Waals surface area (Å²) in [6.45, 7) is 0. The molecule has 12 rings (SSSR count). The Bertz CT molecular complexity index is 3450. The summed E-state index contributed by atoms with van der Waals surface area (Å²) in [5.74, 6) is 1.86. The smallest absolute Gasteiger partial charge is 0.164 e. The Labute approximate surface area is 349 Å². The normalized spacial score (nSPS) is 11.7. The number of fused-ring (bicyclic) bond motifs is 8. The van der Waals surface area contributed by atoms with E-state index in [1.807, 2.05) is 12.1 Å². The predicted molar refractivity (Wildman–Crippen MR) is 249 cm³/mol. The van der Waals surface area contributed by atoms with Crippen molar-refractivity contribution in [1.82, 2.24) is 24.3 Å². The Morgan fingerprint density at radius 1 is 0.350 bits per heavy atom. The van der Waals surface area contributed by atoms with Crippen LogP contribution in [0.25, 0.3) is 115 Å². The molecule has 4 heterocycles. The largest absolute Gasteiger partial charge is 0.291 e. The van der Waals surface area contributed by atoms with E-state index < -0.39 is 0 Å². The molecule has 0 bridgehead atoms. The third-order valence-corrected chi connectivity index (χ3v) is 12.6. The molecule has 8 aromatic carbocycles. The lowest BCUT2D eigenvalue weighted by Crippen LogP contribution is -2.00. The fourth-order valence-electron chi connectivity index (χ4n) is 8.39. The van der Waals surface area contributed by atoms with Crippen LogP contribution in [-0.4, -0.2) is 24.3 Å². The highest BCUT2D eigenvalue weighted by Crippen LogP contribution is 2.41. The van der Waals surface area contributed by atoms with Gasteiger partial charge in [-0.1, -0.05) is 176 Å². The molecule has 0 radical (unpaired) electrons. The Kier molecular flexibility index (Phi) is 7.96. The van der Waals surface area contributed by atoms with Crippen molar-refractivity contribution >= 4 is 59.0 Å². The molecule has 5 nitrogen and oxygen atoms in total. The van der Waals surface area contributed by atoms with E-state index in [1.165, 1.54) is 42.1 Å². The number of thiophene rings is 1. The van der Waals surface area contributed by atoms with Crippen LogP contribution in [0.1, 0.15) is 0 Å². The molecule has 280 valence electrons. The van der Waals surface area contributed by atoms with E-state index in [9.17, 15) is 0 Å². The molecule has 12 aromatic rings. The molecule has 0 aliphatic rings. The van der Waals surface area contributed by atoms with E-state index in [2.05, 4.69) is 192 Å². The minimum Gasteiger partial charge on any atom is -0.291 e. The molecule has 4 aromatic heterocycles. The number of benzene rings is 8. The second-order valence-corrected chi connectivity index (χ2v) is 16.2. The number of pyridine rings is 1. The molecule has 0 aliphatic carbocycles. The molecule has 60 heavy (non-hydrogen) atoms. The summed E-state index contributed by atoms with van der Waals surface area (Å²) < 4.78 is 4.78. The number of hydrogen-bond acceptors (Lipinski definition) is 5. The maximum absolute atomic E-state index is 5.31. The summed E-state index contributed by atoms with van der Waals surface area (Å²) >= 11 is 1.81. The standard InChI is InChI=1S/C54H33N5S/c1-3-11-34(12-4-1)36-19-25-39(26-20-36)51-56-52(40-27-21-37(22-28-40)35-13-5-2-6-14-35)58-53(57-51)41-29-23-38(24-30-41)47-33-45-44-17-9-10-18-49(44)60-50(45)54-55-46-31-42-15-7-8-16-43(42)32-48(46)59(47)54/h1-33H. The molecular weight excluding hydrogens is 751 g/mol. The van der Waals surface area contributed by atoms with Crippen molar-refractivity contribution in [2.24, 2.45) is 0 Å². The monoisotopic (exact) mass is 783 g/mol. The topological polar surface area (TPSA) is 56.0 Å². The lowest BCUT2D eigenvalue weighted by Gasteiger charge is -2.11. The summed E-state index contributed by atoms with van der Waals surface area (Å²) in [6, 6.07) is 70.4. The van der Waals surface area contributed by atoms with Gasteiger partial charge in [-0.05, 0) is 62.9 Å². The first-order chi connectivity index (χ1) is 29.7. The minimum atomic E-state index is 0.616. The minimum absolute atomic E-state index is 0.616. The number of imidazole rings is 1. The zero-order chi connectivity index (χ0) is 39.6. The first-order valence-corrected chi connectivity index (χ1v) is 20.9. The molecule has 0 saturated carbocycles. The summed E-state index contributed by atoms with van der Waals surface area (Å²) in [5.41, 5.74) is 12.6. The quantitative estimate of drug-likeness (QED) is 0.169. The highest BCUT2D eigenvalue weighted by Gasteiger charge is 2.19. The average molecular weight is 784 g/mol. The fourth-order valence-corrected chi connectivity index (χ4v) is 9.55. The van der Waals surface area contributed by atoms with Crippen LogP contribution in [-0.2, 0) is 0 Å². The average Bonchev–Trinajstić information content (AvgIpc) is 3.89. The SMILES string of the molecule is c1ccc(-c2ccc(-c3nc(-c4ccc(-c5ccccc5)cc4)nc(-c4ccc(-c5cc6c7ccccc7sc6c6nc7cc8ccccc8cc7n56)cc4)n3)cc2)cc1. The van der Waals surface area contributed by atoms with Crippen molar-refractivity contribution in [1.29, 1.82) is 0 Å². The predicted octanol–water partition coefficient (Wildman–Crippen LogP) is 14.2. The molecule has 6 heteroatoms. The Morgan fingerprint density at radius 2 is 0.800 bits per heavy atom. The molecule has 0 aliphatic heterocycles. The van der Waals surface area contributed by atoms with E-state index in [0.717, 1.165) is 55.8 Å². The third kappa shape index (κ3) is 5.84. The lowest BCUT2D eigenvalue weighted by atomic mass is 10.0. The molecular formula is C54H33N5S. The van der Waals surface area contributed by atoms with Gasteiger partial charge in [0.15, 0.2) is 23.1 Å². The van der Waals surface area contributed by atoms with Crippen LogP contribution < -0.4 is 0 Å². The molecule has 0 unspecified atom stereocenters. The molecule has 0 amide bonds. The van der Waals surface area contributed by atoms with Crippen molar-refractivity contribution in [2.75, 3.05) is 0 Å². The summed E-state index contributed by atoms with van der Waals surface area (Å²) in [5, 5.41) is 4.83. The van der Waals surface area contributed by atoms with E-state index in [-0.39, 0.29) is 0 Å². The summed E-state index contributed by atoms with van der Waals surface area (Å²) in [4.78, 5) is 20.6. The second kappa shape index (κ2) is 13.9. The van der Waals surface area contributed by atoms with Gasteiger partial charge in [0.25, 0.3) is 0 Å². The van der Waals surface area contributed by atoms with Crippen LogP contribution in [0.15, 0.2) is 200 Å². The van der Waals surface area contributed by atoms with Crippen molar-refractivity contribution < 1.29 is 0 Å². The molecule has 0 fully saturated rings. The van der Waals surface area contributed by atoms with Crippen molar-refractivity contribution in [2.45, 2.75) is 0 Å². The van der Waals surface area contributed by atoms with Gasteiger partial charge in [0, 0.05) is 32.2 Å². The van der Waals surface area contributed by atoms with E-state index >= 15 is 0 Å². The van der Waals surface area contributed by atoms with E-state index in [1.54, 1.807) is 11.3 Å². The maximum atomic E-state index is 5.31. The summed E-state index contributed by atoms with van der Waals surface area (Å²) in [6.07, 6.45) is 0. The first kappa shape index (κ1) is 34.3. The maximum Gasteiger partial charge on any atom is 0.164 e. The van der Waals surface area contributed by atoms with Gasteiger partial charge in [-0.25, -0.2) is 19.9 Å². The lowest BCUT2D eigenvalue weighted by molar-refractivity contribution is 1.07. The molecule has 0 N–H and O–H groups in total. The fraction of sp³-hybridized carbons (Fsp3) is 0. The number of aromatic nitrogens is 5. The van der Waals surface area contributed by atoms with Gasteiger partial charge >= 0.3 is 0 Å². The Morgan fingerprint density at radius 3 is 1.37 bits per heavy atom. The van der Waals surface area contributed by atoms with E-state index in [4.69, 9.17) is 19.9 Å². The third-order valence-electron chi connectivity index (χ3n) is 11.5. The Balaban J connectivity index is 0.998. The van der Waals surface area contributed by atoms with Crippen molar-refractivity contribution in [3.63, 3.8) is 0 Å². The molecule has 0 spiro atoms. The van der Waals surface area contributed by atoms with Crippen LogP contribution in [0.2, 0.25) is 0 Å². The first-order valence-electron chi connectivity index (χ1n) is 20.0. The number of hydrogen-bond donors (Lipinski definition) is 0. The highest BCUT2D eigenvalue weighted by atomic mass is 32.1. The van der Waals surface area contributed by atoms with Gasteiger partial charge in [0.05, 0.1) is 21.4 Å². The zero-order valence-electron chi connectivity index (χ0n) is 32.2. The molecule has 0 saturated heterocycles. The van der Waals surface area contributed by atoms with Crippen LogP contribution >= 0.6 is 11.3 Å². The van der Waals surface area contributed by atoms with E-state index in [0.29, 0.717) is 17.5 Å². The van der Waals surface area contributed by atoms with Gasteiger partial charge in [-0.15, -0.1) is 11.3 Å². The summed E-state index contributed by atoms with van der Waals surface area (Å²) in [7, 11) is 0. The zero-order valence-corrected chi connectivity index (χ0v) is 33.0. The van der Waals surface area contributed by atoms with Crippen LogP contribution in [0, 0.1) is 0 Å². The van der Waals surface area contributed by atoms with Crippen molar-refractivity contribution in [3.05, 3.63) is 200 Å². The highest BCUT2D eigenvalue weighted by molar-refractivity contribution is 7.26.